The zero-order chi connectivity index (χ0) is 24.4. The van der Waals surface area contributed by atoms with E-state index in [2.05, 4.69) is 20.6 Å². The molecule has 3 aromatic rings. The zero-order valence-electron chi connectivity index (χ0n) is 19.5. The van der Waals surface area contributed by atoms with Crippen LogP contribution in [-0.2, 0) is 4.79 Å². The molecule has 2 aliphatic heterocycles. The summed E-state index contributed by atoms with van der Waals surface area (Å²) in [5.41, 5.74) is 2.95. The predicted octanol–water partition coefficient (Wildman–Crippen LogP) is 2.24. The van der Waals surface area contributed by atoms with Crippen molar-refractivity contribution in [2.24, 2.45) is 0 Å². The largest absolute Gasteiger partial charge is 0.491 e. The first-order valence-corrected chi connectivity index (χ1v) is 11.8. The molecule has 9 nitrogen and oxygen atoms in total. The summed E-state index contributed by atoms with van der Waals surface area (Å²) < 4.78 is 5.79. The van der Waals surface area contributed by atoms with Crippen molar-refractivity contribution in [1.29, 1.82) is 0 Å². The van der Waals surface area contributed by atoms with E-state index in [4.69, 9.17) is 4.74 Å². The summed E-state index contributed by atoms with van der Waals surface area (Å²) in [4.78, 5) is 49.8. The molecule has 0 radical (unpaired) electrons. The van der Waals surface area contributed by atoms with E-state index in [1.54, 1.807) is 17.0 Å². The normalized spacial score (nSPS) is 20.9. The molecule has 2 aromatic carbocycles. The van der Waals surface area contributed by atoms with Crippen LogP contribution in [0.15, 0.2) is 48.7 Å². The summed E-state index contributed by atoms with van der Waals surface area (Å²) in [5.74, 6) is -0.0654. The fourth-order valence-electron chi connectivity index (χ4n) is 4.73. The minimum Gasteiger partial charge on any atom is -0.491 e. The molecule has 0 saturated carbocycles. The number of para-hydroxylation sites is 2. The SMILES string of the molecule is Cc1ccc2cc1OCCNC(=O)C[C@@H]1CC[C@H](CNC2=O)N1C(=O)c1cnc2ccccc2n1. The highest BCUT2D eigenvalue weighted by atomic mass is 16.5. The quantitative estimate of drug-likeness (QED) is 0.560. The van der Waals surface area contributed by atoms with Crippen LogP contribution in [0.1, 0.15) is 45.7 Å². The summed E-state index contributed by atoms with van der Waals surface area (Å²) in [7, 11) is 0. The Morgan fingerprint density at radius 3 is 2.71 bits per heavy atom. The van der Waals surface area contributed by atoms with Gasteiger partial charge in [-0.15, -0.1) is 0 Å². The molecule has 2 aliphatic rings. The second kappa shape index (κ2) is 9.69. The molecule has 4 bridgehead atoms. The van der Waals surface area contributed by atoms with Gasteiger partial charge >= 0.3 is 0 Å². The van der Waals surface area contributed by atoms with E-state index in [9.17, 15) is 14.4 Å². The lowest BCUT2D eigenvalue weighted by atomic mass is 10.1. The van der Waals surface area contributed by atoms with E-state index in [1.165, 1.54) is 6.20 Å². The van der Waals surface area contributed by atoms with Gasteiger partial charge in [-0.2, -0.15) is 0 Å². The van der Waals surface area contributed by atoms with E-state index in [1.807, 2.05) is 37.3 Å². The zero-order valence-corrected chi connectivity index (χ0v) is 19.5. The van der Waals surface area contributed by atoms with Gasteiger partial charge in [-0.1, -0.05) is 18.2 Å². The highest BCUT2D eigenvalue weighted by Gasteiger charge is 2.39. The van der Waals surface area contributed by atoms with Gasteiger partial charge in [0, 0.05) is 30.6 Å². The topological polar surface area (TPSA) is 114 Å². The maximum atomic E-state index is 13.6. The average Bonchev–Trinajstić information content (AvgIpc) is 3.26. The number of nitrogens with zero attached hydrogens (tertiary/aromatic N) is 3. The second-order valence-corrected chi connectivity index (χ2v) is 8.93. The number of fused-ring (bicyclic) bond motifs is 5. The molecule has 9 heteroatoms. The number of amides is 3. The van der Waals surface area contributed by atoms with E-state index in [-0.39, 0.29) is 55.1 Å². The van der Waals surface area contributed by atoms with Gasteiger partial charge in [0.05, 0.1) is 23.8 Å². The van der Waals surface area contributed by atoms with Crippen LogP contribution < -0.4 is 15.4 Å². The standard InChI is InChI=1S/C26H27N5O4/c1-16-6-7-17-12-23(16)35-11-10-27-24(32)13-18-8-9-19(14-29-25(17)33)31(18)26(34)22-15-28-20-4-2-3-5-21(20)30-22/h2-7,12,15,18-19H,8-11,13-14H2,1H3,(H,27,32)(H,29,33)/t18-,19+/m0/s1. The van der Waals surface area contributed by atoms with E-state index in [0.29, 0.717) is 41.7 Å². The Hall–Kier alpha value is -4.01. The molecule has 0 spiro atoms. The smallest absolute Gasteiger partial charge is 0.274 e. The van der Waals surface area contributed by atoms with Crippen LogP contribution >= 0.6 is 0 Å². The lowest BCUT2D eigenvalue weighted by Gasteiger charge is -2.30. The predicted molar refractivity (Wildman–Crippen MR) is 129 cm³/mol. The molecule has 2 atom stereocenters. The number of benzene rings is 2. The molecule has 180 valence electrons. The minimum atomic E-state index is -0.299. The number of rotatable bonds is 1. The van der Waals surface area contributed by atoms with Crippen LogP contribution in [0, 0.1) is 6.92 Å². The van der Waals surface area contributed by atoms with Gasteiger partial charge < -0.3 is 20.3 Å². The summed E-state index contributed by atoms with van der Waals surface area (Å²) in [6.45, 7) is 2.78. The van der Waals surface area contributed by atoms with Crippen LogP contribution in [0.3, 0.4) is 0 Å². The Balaban J connectivity index is 1.43. The van der Waals surface area contributed by atoms with Gasteiger partial charge in [0.25, 0.3) is 11.8 Å². The van der Waals surface area contributed by atoms with Crippen molar-refractivity contribution >= 4 is 28.8 Å². The average molecular weight is 474 g/mol. The van der Waals surface area contributed by atoms with E-state index >= 15 is 0 Å². The maximum absolute atomic E-state index is 13.6. The van der Waals surface area contributed by atoms with Crippen LogP contribution in [0.4, 0.5) is 0 Å². The summed E-state index contributed by atoms with van der Waals surface area (Å²) in [6, 6.07) is 12.1. The van der Waals surface area contributed by atoms with Gasteiger partial charge in [0.1, 0.15) is 18.1 Å². The molecule has 1 saturated heterocycles. The van der Waals surface area contributed by atoms with Crippen LogP contribution in [0.25, 0.3) is 11.0 Å². The van der Waals surface area contributed by atoms with Gasteiger partial charge in [0.2, 0.25) is 5.91 Å². The maximum Gasteiger partial charge on any atom is 0.274 e. The van der Waals surface area contributed by atoms with Crippen molar-refractivity contribution in [2.45, 2.75) is 38.3 Å². The number of hydrogen-bond acceptors (Lipinski definition) is 6. The van der Waals surface area contributed by atoms with Crippen molar-refractivity contribution in [2.75, 3.05) is 19.7 Å². The molecule has 1 aromatic heterocycles. The van der Waals surface area contributed by atoms with Crippen molar-refractivity contribution in [3.8, 4) is 5.75 Å². The molecular weight excluding hydrogens is 446 g/mol. The Morgan fingerprint density at radius 1 is 1.06 bits per heavy atom. The van der Waals surface area contributed by atoms with Gasteiger partial charge in [0.15, 0.2) is 0 Å². The number of hydrogen-bond donors (Lipinski definition) is 2. The molecule has 5 rings (SSSR count). The van der Waals surface area contributed by atoms with Crippen LogP contribution in [0.5, 0.6) is 5.75 Å². The van der Waals surface area contributed by atoms with Crippen molar-refractivity contribution in [1.82, 2.24) is 25.5 Å². The third kappa shape index (κ3) is 4.80. The van der Waals surface area contributed by atoms with E-state index in [0.717, 1.165) is 5.56 Å². The first kappa shape index (κ1) is 22.8. The number of nitrogens with one attached hydrogen (secondary N) is 2. The van der Waals surface area contributed by atoms with Crippen LogP contribution in [0.2, 0.25) is 0 Å². The second-order valence-electron chi connectivity index (χ2n) is 8.93. The number of aryl methyl sites for hydroxylation is 1. The summed E-state index contributed by atoms with van der Waals surface area (Å²) >= 11 is 0. The lowest BCUT2D eigenvalue weighted by molar-refractivity contribution is -0.122. The third-order valence-electron chi connectivity index (χ3n) is 6.57. The Morgan fingerprint density at radius 2 is 1.86 bits per heavy atom. The Kier molecular flexibility index (Phi) is 6.31. The molecule has 0 unspecified atom stereocenters. The number of carbonyl (C=O) groups is 3. The fourth-order valence-corrected chi connectivity index (χ4v) is 4.73. The summed E-state index contributed by atoms with van der Waals surface area (Å²) in [6.07, 6.45) is 2.98. The monoisotopic (exact) mass is 473 g/mol. The molecule has 3 amide bonds. The summed E-state index contributed by atoms with van der Waals surface area (Å²) in [5, 5.41) is 5.84. The third-order valence-corrected chi connectivity index (χ3v) is 6.57. The molecule has 35 heavy (non-hydrogen) atoms. The number of ether oxygens (including phenoxy) is 1. The number of aromatic nitrogens is 2. The molecule has 2 N–H and O–H groups in total. The fraction of sp³-hybridized carbons (Fsp3) is 0.346. The van der Waals surface area contributed by atoms with Crippen LogP contribution in [-0.4, -0.2) is 64.4 Å². The van der Waals surface area contributed by atoms with Crippen molar-refractivity contribution < 1.29 is 19.1 Å². The molecule has 3 heterocycles. The lowest BCUT2D eigenvalue weighted by Crippen LogP contribution is -2.48. The van der Waals surface area contributed by atoms with Crippen molar-refractivity contribution in [3.05, 3.63) is 65.5 Å². The first-order chi connectivity index (χ1) is 17.0. The first-order valence-electron chi connectivity index (χ1n) is 11.8. The Bertz CT molecular complexity index is 1290. The number of carbonyl (C=O) groups excluding carboxylic acids is 3. The molecular formula is C26H27N5O4. The molecule has 0 aliphatic carbocycles. The highest BCUT2D eigenvalue weighted by Crippen LogP contribution is 2.28. The van der Waals surface area contributed by atoms with Gasteiger partial charge in [-0.05, 0) is 49.6 Å². The van der Waals surface area contributed by atoms with Gasteiger partial charge in [-0.25, -0.2) is 4.98 Å². The van der Waals surface area contributed by atoms with Crippen molar-refractivity contribution in [3.63, 3.8) is 0 Å². The van der Waals surface area contributed by atoms with E-state index < -0.39 is 0 Å². The minimum absolute atomic E-state index is 0.147. The highest BCUT2D eigenvalue weighted by molar-refractivity contribution is 5.96. The molecule has 1 fully saturated rings. The van der Waals surface area contributed by atoms with Gasteiger partial charge in [-0.3, -0.25) is 19.4 Å². The Labute approximate surface area is 202 Å².